The van der Waals surface area contributed by atoms with Crippen LogP contribution in [0.1, 0.15) is 17.3 Å². The average Bonchev–Trinajstić information content (AvgIpc) is 2.38. The van der Waals surface area contributed by atoms with Crippen molar-refractivity contribution in [2.45, 2.75) is 6.92 Å². The Morgan fingerprint density at radius 2 is 1.83 bits per heavy atom. The van der Waals surface area contributed by atoms with Gasteiger partial charge in [0.05, 0.1) is 18.4 Å². The molecule has 18 heavy (non-hydrogen) atoms. The van der Waals surface area contributed by atoms with Crippen molar-refractivity contribution in [1.82, 2.24) is 5.32 Å². The lowest BCUT2D eigenvalue weighted by Gasteiger charge is -2.09. The number of ether oxygens (including phenoxy) is 1. The topological polar surface area (TPSA) is 84.5 Å². The summed E-state index contributed by atoms with van der Waals surface area (Å²) in [6.45, 7) is 2.05. The maximum Gasteiger partial charge on any atom is 0.339 e. The van der Waals surface area contributed by atoms with E-state index in [1.165, 1.54) is 19.2 Å². The van der Waals surface area contributed by atoms with E-state index >= 15 is 0 Å². The van der Waals surface area contributed by atoms with Gasteiger partial charge in [-0.25, -0.2) is 4.79 Å². The Balaban J connectivity index is 2.88. The minimum atomic E-state index is -0.826. The summed E-state index contributed by atoms with van der Waals surface area (Å²) in [6.07, 6.45) is 0. The third-order valence-electron chi connectivity index (χ3n) is 2.12. The number of carbonyl (C=O) groups excluding carboxylic acids is 3. The van der Waals surface area contributed by atoms with Crippen molar-refractivity contribution < 1.29 is 19.1 Å². The van der Waals surface area contributed by atoms with E-state index in [1.54, 1.807) is 19.1 Å². The first-order valence-electron chi connectivity index (χ1n) is 5.36. The van der Waals surface area contributed by atoms with Crippen LogP contribution < -0.4 is 10.6 Å². The van der Waals surface area contributed by atoms with Crippen LogP contribution in [-0.2, 0) is 14.3 Å². The van der Waals surface area contributed by atoms with E-state index in [1.807, 2.05) is 0 Å². The molecule has 0 spiro atoms. The maximum atomic E-state index is 11.5. The predicted molar refractivity (Wildman–Crippen MR) is 65.1 cm³/mol. The molecule has 0 fully saturated rings. The van der Waals surface area contributed by atoms with Gasteiger partial charge in [-0.05, 0) is 19.1 Å². The molecule has 0 radical (unpaired) electrons. The second kappa shape index (κ2) is 6.39. The first-order chi connectivity index (χ1) is 8.60. The van der Waals surface area contributed by atoms with Crippen LogP contribution in [0.3, 0.4) is 0 Å². The number of anilines is 1. The lowest BCUT2D eigenvalue weighted by molar-refractivity contribution is -0.136. The number of amides is 2. The molecular formula is C12H14N2O4. The Morgan fingerprint density at radius 1 is 1.17 bits per heavy atom. The van der Waals surface area contributed by atoms with E-state index < -0.39 is 17.8 Å². The molecule has 6 nitrogen and oxygen atoms in total. The molecule has 1 aromatic carbocycles. The first-order valence-corrected chi connectivity index (χ1v) is 5.36. The number of esters is 1. The van der Waals surface area contributed by atoms with Gasteiger partial charge in [-0.2, -0.15) is 0 Å². The molecule has 1 aromatic rings. The minimum Gasteiger partial charge on any atom is -0.465 e. The number of rotatable bonds is 3. The van der Waals surface area contributed by atoms with Gasteiger partial charge in [-0.3, -0.25) is 9.59 Å². The minimum absolute atomic E-state index is 0.192. The molecule has 0 saturated heterocycles. The molecule has 0 aliphatic rings. The quantitative estimate of drug-likeness (QED) is 0.606. The summed E-state index contributed by atoms with van der Waals surface area (Å²) in [7, 11) is 1.24. The van der Waals surface area contributed by atoms with Gasteiger partial charge >= 0.3 is 17.8 Å². The zero-order chi connectivity index (χ0) is 13.5. The highest BCUT2D eigenvalue weighted by atomic mass is 16.5. The average molecular weight is 250 g/mol. The van der Waals surface area contributed by atoms with E-state index in [4.69, 9.17) is 0 Å². The van der Waals surface area contributed by atoms with Crippen LogP contribution in [0.5, 0.6) is 0 Å². The van der Waals surface area contributed by atoms with Crippen LogP contribution in [0.2, 0.25) is 0 Å². The van der Waals surface area contributed by atoms with Gasteiger partial charge in [-0.1, -0.05) is 12.1 Å². The summed E-state index contributed by atoms with van der Waals surface area (Å²) < 4.78 is 4.58. The van der Waals surface area contributed by atoms with Gasteiger partial charge in [0.15, 0.2) is 0 Å². The second-order valence-corrected chi connectivity index (χ2v) is 3.35. The SMILES string of the molecule is CCNC(=O)C(=O)Nc1ccccc1C(=O)OC. The lowest BCUT2D eigenvalue weighted by Crippen LogP contribution is -2.35. The Hall–Kier alpha value is -2.37. The van der Waals surface area contributed by atoms with Gasteiger partial charge in [0.25, 0.3) is 0 Å². The number of likely N-dealkylation sites (N-methyl/N-ethyl adjacent to an activating group) is 1. The number of methoxy groups -OCH3 is 1. The fraction of sp³-hybridized carbons (Fsp3) is 0.250. The van der Waals surface area contributed by atoms with Crippen LogP contribution in [0, 0.1) is 0 Å². The molecule has 96 valence electrons. The molecule has 2 N–H and O–H groups in total. The zero-order valence-electron chi connectivity index (χ0n) is 10.1. The van der Waals surface area contributed by atoms with Gasteiger partial charge in [0.2, 0.25) is 0 Å². The van der Waals surface area contributed by atoms with Crippen molar-refractivity contribution in [3.8, 4) is 0 Å². The number of nitrogens with one attached hydrogen (secondary N) is 2. The highest BCUT2D eigenvalue weighted by molar-refractivity contribution is 6.39. The normalized spacial score (nSPS) is 9.44. The van der Waals surface area contributed by atoms with Crippen molar-refractivity contribution in [1.29, 1.82) is 0 Å². The van der Waals surface area contributed by atoms with E-state index in [0.29, 0.717) is 6.54 Å². The van der Waals surface area contributed by atoms with E-state index in [2.05, 4.69) is 15.4 Å². The van der Waals surface area contributed by atoms with E-state index in [0.717, 1.165) is 0 Å². The Kier molecular flexibility index (Phi) is 4.86. The van der Waals surface area contributed by atoms with Gasteiger partial charge < -0.3 is 15.4 Å². The molecular weight excluding hydrogens is 236 g/mol. The molecule has 0 aliphatic carbocycles. The third-order valence-corrected chi connectivity index (χ3v) is 2.12. The summed E-state index contributed by atoms with van der Waals surface area (Å²) in [5.74, 6) is -2.16. The number of carbonyl (C=O) groups is 3. The molecule has 0 unspecified atom stereocenters. The molecule has 6 heteroatoms. The molecule has 0 saturated carbocycles. The number of hydrogen-bond acceptors (Lipinski definition) is 4. The highest BCUT2D eigenvalue weighted by Gasteiger charge is 2.17. The molecule has 0 bridgehead atoms. The summed E-state index contributed by atoms with van der Waals surface area (Å²) in [5, 5.41) is 4.72. The van der Waals surface area contributed by atoms with Gasteiger partial charge in [0.1, 0.15) is 0 Å². The molecule has 0 aliphatic heterocycles. The van der Waals surface area contributed by atoms with Crippen molar-refractivity contribution >= 4 is 23.5 Å². The van der Waals surface area contributed by atoms with Crippen molar-refractivity contribution in [2.24, 2.45) is 0 Å². The zero-order valence-corrected chi connectivity index (χ0v) is 10.1. The van der Waals surface area contributed by atoms with Crippen molar-refractivity contribution in [3.05, 3.63) is 29.8 Å². The fourth-order valence-corrected chi connectivity index (χ4v) is 1.30. The molecule has 0 heterocycles. The van der Waals surface area contributed by atoms with E-state index in [9.17, 15) is 14.4 Å². The second-order valence-electron chi connectivity index (χ2n) is 3.35. The van der Waals surface area contributed by atoms with Crippen LogP contribution in [0.4, 0.5) is 5.69 Å². The largest absolute Gasteiger partial charge is 0.465 e. The molecule has 0 aromatic heterocycles. The number of benzene rings is 1. The number of para-hydroxylation sites is 1. The van der Waals surface area contributed by atoms with E-state index in [-0.39, 0.29) is 11.3 Å². The van der Waals surface area contributed by atoms with Crippen LogP contribution in [0.25, 0.3) is 0 Å². The first kappa shape index (κ1) is 13.7. The van der Waals surface area contributed by atoms with Crippen LogP contribution in [0.15, 0.2) is 24.3 Å². The molecule has 0 atom stereocenters. The Labute approximate surface area is 104 Å². The van der Waals surface area contributed by atoms with Crippen LogP contribution >= 0.6 is 0 Å². The third kappa shape index (κ3) is 3.31. The standard InChI is InChI=1S/C12H14N2O4/c1-3-13-10(15)11(16)14-9-7-5-4-6-8(9)12(17)18-2/h4-7H,3H2,1-2H3,(H,13,15)(H,14,16). The Morgan fingerprint density at radius 3 is 2.44 bits per heavy atom. The highest BCUT2D eigenvalue weighted by Crippen LogP contribution is 2.15. The Bertz CT molecular complexity index is 471. The lowest BCUT2D eigenvalue weighted by atomic mass is 10.2. The van der Waals surface area contributed by atoms with Gasteiger partial charge in [-0.15, -0.1) is 0 Å². The maximum absolute atomic E-state index is 11.5. The summed E-state index contributed by atoms with van der Waals surface area (Å²) in [5.41, 5.74) is 0.429. The molecule has 2 amide bonds. The number of hydrogen-bond donors (Lipinski definition) is 2. The van der Waals surface area contributed by atoms with Crippen molar-refractivity contribution in [2.75, 3.05) is 19.0 Å². The predicted octanol–water partition coefficient (Wildman–Crippen LogP) is 0.548. The summed E-state index contributed by atoms with van der Waals surface area (Å²) >= 11 is 0. The fourth-order valence-electron chi connectivity index (χ4n) is 1.30. The summed E-state index contributed by atoms with van der Waals surface area (Å²) in [6, 6.07) is 6.29. The van der Waals surface area contributed by atoms with Gasteiger partial charge in [0, 0.05) is 6.54 Å². The molecule has 1 rings (SSSR count). The monoisotopic (exact) mass is 250 g/mol. The van der Waals surface area contributed by atoms with Crippen molar-refractivity contribution in [3.63, 3.8) is 0 Å². The van der Waals surface area contributed by atoms with Crippen LogP contribution in [-0.4, -0.2) is 31.4 Å². The smallest absolute Gasteiger partial charge is 0.339 e. The summed E-state index contributed by atoms with van der Waals surface area (Å²) in [4.78, 5) is 34.2.